The molecule has 1 heterocycles. The highest BCUT2D eigenvalue weighted by Crippen LogP contribution is 2.29. The molecule has 0 amide bonds. The van der Waals surface area contributed by atoms with E-state index in [1.807, 2.05) is 0 Å². The van der Waals surface area contributed by atoms with E-state index >= 15 is 0 Å². The van der Waals surface area contributed by atoms with Gasteiger partial charge >= 0.3 is 0 Å². The summed E-state index contributed by atoms with van der Waals surface area (Å²) in [5.41, 5.74) is 0. The molecule has 14 heavy (non-hydrogen) atoms. The van der Waals surface area contributed by atoms with Gasteiger partial charge in [-0.05, 0) is 30.4 Å². The topological polar surface area (TPSA) is 18.5 Å². The van der Waals surface area contributed by atoms with Gasteiger partial charge in [0.1, 0.15) is 0 Å². The van der Waals surface area contributed by atoms with Crippen molar-refractivity contribution < 1.29 is 9.47 Å². The third kappa shape index (κ3) is 1.91. The zero-order valence-corrected chi connectivity index (χ0v) is 8.90. The van der Waals surface area contributed by atoms with Gasteiger partial charge in [0.2, 0.25) is 5.79 Å². The van der Waals surface area contributed by atoms with Crippen molar-refractivity contribution in [3.8, 4) is 0 Å². The molecule has 0 N–H and O–H groups in total. The van der Waals surface area contributed by atoms with Crippen molar-refractivity contribution >= 4 is 0 Å². The van der Waals surface area contributed by atoms with Crippen LogP contribution in [0.3, 0.4) is 0 Å². The SMILES string of the molecule is CC(C)C1C=CC2(C=C1)OCCCO2. The van der Waals surface area contributed by atoms with Crippen molar-refractivity contribution in [2.24, 2.45) is 11.8 Å². The Bertz CT molecular complexity index is 231. The minimum absolute atomic E-state index is 0.523. The van der Waals surface area contributed by atoms with E-state index in [0.717, 1.165) is 19.6 Å². The molecule has 2 aliphatic rings. The second kappa shape index (κ2) is 3.87. The van der Waals surface area contributed by atoms with E-state index in [-0.39, 0.29) is 0 Å². The molecule has 0 saturated carbocycles. The molecule has 0 bridgehead atoms. The van der Waals surface area contributed by atoms with Crippen LogP contribution in [0.5, 0.6) is 0 Å². The second-order valence-corrected chi connectivity index (χ2v) is 4.31. The minimum Gasteiger partial charge on any atom is -0.343 e. The predicted octanol–water partition coefficient (Wildman–Crippen LogP) is 2.52. The molecule has 1 aliphatic heterocycles. The lowest BCUT2D eigenvalue weighted by molar-refractivity contribution is -0.206. The maximum Gasteiger partial charge on any atom is 0.207 e. The first kappa shape index (κ1) is 9.94. The number of hydrogen-bond acceptors (Lipinski definition) is 2. The summed E-state index contributed by atoms with van der Waals surface area (Å²) in [7, 11) is 0. The van der Waals surface area contributed by atoms with Crippen molar-refractivity contribution in [2.75, 3.05) is 13.2 Å². The Morgan fingerprint density at radius 2 is 1.71 bits per heavy atom. The number of hydrogen-bond donors (Lipinski definition) is 0. The summed E-state index contributed by atoms with van der Waals surface area (Å²) < 4.78 is 11.3. The highest BCUT2D eigenvalue weighted by atomic mass is 16.7. The number of ether oxygens (including phenoxy) is 2. The van der Waals surface area contributed by atoms with Gasteiger partial charge in [0.25, 0.3) is 0 Å². The Hall–Kier alpha value is -0.600. The summed E-state index contributed by atoms with van der Waals surface area (Å²) in [6.07, 6.45) is 9.48. The molecule has 1 spiro atoms. The molecular formula is C12H18O2. The van der Waals surface area contributed by atoms with Crippen LogP contribution in [0.1, 0.15) is 20.3 Å². The first-order valence-electron chi connectivity index (χ1n) is 5.38. The van der Waals surface area contributed by atoms with Crippen LogP contribution in [0.2, 0.25) is 0 Å². The second-order valence-electron chi connectivity index (χ2n) is 4.31. The van der Waals surface area contributed by atoms with Crippen LogP contribution in [0.4, 0.5) is 0 Å². The maximum absolute atomic E-state index is 5.64. The van der Waals surface area contributed by atoms with Crippen LogP contribution in [0, 0.1) is 11.8 Å². The van der Waals surface area contributed by atoms with E-state index in [4.69, 9.17) is 9.47 Å². The van der Waals surface area contributed by atoms with E-state index in [1.165, 1.54) is 0 Å². The fourth-order valence-corrected chi connectivity index (χ4v) is 1.81. The van der Waals surface area contributed by atoms with Crippen LogP contribution >= 0.6 is 0 Å². The predicted molar refractivity (Wildman–Crippen MR) is 55.9 cm³/mol. The Balaban J connectivity index is 2.05. The lowest BCUT2D eigenvalue weighted by atomic mass is 9.90. The average Bonchev–Trinajstić information content (AvgIpc) is 2.19. The zero-order chi connectivity index (χ0) is 10.0. The molecule has 0 aromatic carbocycles. The molecule has 2 rings (SSSR count). The van der Waals surface area contributed by atoms with Crippen LogP contribution in [0.15, 0.2) is 24.3 Å². The molecule has 0 atom stereocenters. The summed E-state index contributed by atoms with van der Waals surface area (Å²) in [5, 5.41) is 0. The smallest absolute Gasteiger partial charge is 0.207 e. The Labute approximate surface area is 85.6 Å². The maximum atomic E-state index is 5.64. The highest BCUT2D eigenvalue weighted by molar-refractivity contribution is 5.20. The third-order valence-corrected chi connectivity index (χ3v) is 2.82. The van der Waals surface area contributed by atoms with E-state index in [9.17, 15) is 0 Å². The van der Waals surface area contributed by atoms with Gasteiger partial charge in [-0.1, -0.05) is 26.0 Å². The van der Waals surface area contributed by atoms with Crippen molar-refractivity contribution in [1.29, 1.82) is 0 Å². The van der Waals surface area contributed by atoms with Gasteiger partial charge in [0, 0.05) is 0 Å². The normalized spacial score (nSPS) is 26.2. The molecule has 0 radical (unpaired) electrons. The summed E-state index contributed by atoms with van der Waals surface area (Å²) in [6.45, 7) is 6.03. The first-order chi connectivity index (χ1) is 6.72. The minimum atomic E-state index is -0.538. The van der Waals surface area contributed by atoms with Gasteiger partial charge in [-0.3, -0.25) is 0 Å². The monoisotopic (exact) mass is 194 g/mol. The van der Waals surface area contributed by atoms with Crippen LogP contribution < -0.4 is 0 Å². The molecule has 78 valence electrons. The molecule has 0 aromatic heterocycles. The summed E-state index contributed by atoms with van der Waals surface area (Å²) in [6, 6.07) is 0. The molecule has 1 fully saturated rings. The van der Waals surface area contributed by atoms with Crippen LogP contribution in [-0.2, 0) is 9.47 Å². The van der Waals surface area contributed by atoms with E-state index in [2.05, 4.69) is 38.2 Å². The molecule has 1 saturated heterocycles. The zero-order valence-electron chi connectivity index (χ0n) is 8.90. The van der Waals surface area contributed by atoms with E-state index < -0.39 is 5.79 Å². The van der Waals surface area contributed by atoms with Gasteiger partial charge in [0.15, 0.2) is 0 Å². The largest absolute Gasteiger partial charge is 0.343 e. The third-order valence-electron chi connectivity index (χ3n) is 2.82. The lowest BCUT2D eigenvalue weighted by Gasteiger charge is -2.35. The van der Waals surface area contributed by atoms with Gasteiger partial charge in [-0.15, -0.1) is 0 Å². The Morgan fingerprint density at radius 1 is 1.14 bits per heavy atom. The van der Waals surface area contributed by atoms with Gasteiger partial charge in [-0.2, -0.15) is 0 Å². The van der Waals surface area contributed by atoms with Crippen molar-refractivity contribution in [3.63, 3.8) is 0 Å². The van der Waals surface area contributed by atoms with Crippen molar-refractivity contribution in [2.45, 2.75) is 26.1 Å². The number of allylic oxidation sites excluding steroid dienone is 2. The molecule has 2 nitrogen and oxygen atoms in total. The standard InChI is InChI=1S/C12H18O2/c1-10(2)11-4-6-12(7-5-11)13-8-3-9-14-12/h4-7,10-11H,3,8-9H2,1-2H3. The molecule has 0 aromatic rings. The number of rotatable bonds is 1. The quantitative estimate of drug-likeness (QED) is 0.597. The lowest BCUT2D eigenvalue weighted by Crippen LogP contribution is -2.38. The van der Waals surface area contributed by atoms with E-state index in [0.29, 0.717) is 11.8 Å². The molecule has 0 unspecified atom stereocenters. The van der Waals surface area contributed by atoms with Gasteiger partial charge < -0.3 is 9.47 Å². The van der Waals surface area contributed by atoms with Gasteiger partial charge in [-0.25, -0.2) is 0 Å². The summed E-state index contributed by atoms with van der Waals surface area (Å²) in [5.74, 6) is 0.627. The Kier molecular flexibility index (Phi) is 2.75. The first-order valence-corrected chi connectivity index (χ1v) is 5.38. The molecule has 2 heteroatoms. The van der Waals surface area contributed by atoms with Crippen molar-refractivity contribution in [3.05, 3.63) is 24.3 Å². The van der Waals surface area contributed by atoms with E-state index in [1.54, 1.807) is 0 Å². The highest BCUT2D eigenvalue weighted by Gasteiger charge is 2.31. The summed E-state index contributed by atoms with van der Waals surface area (Å²) in [4.78, 5) is 0. The summed E-state index contributed by atoms with van der Waals surface area (Å²) >= 11 is 0. The van der Waals surface area contributed by atoms with Crippen LogP contribution in [0.25, 0.3) is 0 Å². The Morgan fingerprint density at radius 3 is 2.21 bits per heavy atom. The fourth-order valence-electron chi connectivity index (χ4n) is 1.81. The average molecular weight is 194 g/mol. The van der Waals surface area contributed by atoms with Crippen LogP contribution in [-0.4, -0.2) is 19.0 Å². The fraction of sp³-hybridized carbons (Fsp3) is 0.667. The molecular weight excluding hydrogens is 176 g/mol. The van der Waals surface area contributed by atoms with Gasteiger partial charge in [0.05, 0.1) is 13.2 Å². The van der Waals surface area contributed by atoms with Crippen molar-refractivity contribution in [1.82, 2.24) is 0 Å². The molecule has 1 aliphatic carbocycles.